The minimum Gasteiger partial charge on any atom is -0.384 e. The number of H-pyrrole nitrogens is 1. The Morgan fingerprint density at radius 3 is 2.62 bits per heavy atom. The lowest BCUT2D eigenvalue weighted by Gasteiger charge is -2.26. The highest BCUT2D eigenvalue weighted by Crippen LogP contribution is 2.19. The van der Waals surface area contributed by atoms with Gasteiger partial charge in [-0.3, -0.25) is 0 Å². The predicted octanol–water partition coefficient (Wildman–Crippen LogP) is 2.43. The lowest BCUT2D eigenvalue weighted by atomic mass is 9.93. The number of nitrogens with one attached hydrogen (secondary N) is 4. The van der Waals surface area contributed by atoms with Crippen molar-refractivity contribution < 1.29 is 4.74 Å². The molecule has 0 unspecified atom stereocenters. The molecule has 0 spiro atoms. The molecular weight excluding hydrogens is 326 g/mol. The van der Waals surface area contributed by atoms with Crippen molar-refractivity contribution >= 4 is 16.7 Å². The number of rotatable bonds is 9. The maximum atomic E-state index is 5.39. The Morgan fingerprint density at radius 1 is 1.00 bits per heavy atom. The standard InChI is InChI=1S/C20H31N5O/c1-2-15(3-1)21-9-6-20-24-18-5-4-17(14-19(18)25-20)23-11-10-22-16-7-12-26-13-8-16/h4-5,14-16,21-23H,1-3,6-13H2,(H,24,25). The van der Waals surface area contributed by atoms with Crippen LogP contribution in [0.5, 0.6) is 0 Å². The van der Waals surface area contributed by atoms with Gasteiger partial charge in [-0.25, -0.2) is 4.98 Å². The van der Waals surface area contributed by atoms with Crippen molar-refractivity contribution in [1.82, 2.24) is 20.6 Å². The van der Waals surface area contributed by atoms with Crippen molar-refractivity contribution in [3.63, 3.8) is 0 Å². The maximum absolute atomic E-state index is 5.39. The van der Waals surface area contributed by atoms with Gasteiger partial charge < -0.3 is 25.7 Å². The van der Waals surface area contributed by atoms with Gasteiger partial charge in [0.2, 0.25) is 0 Å². The lowest BCUT2D eigenvalue weighted by Crippen LogP contribution is -2.37. The highest BCUT2D eigenvalue weighted by Gasteiger charge is 2.16. The Morgan fingerprint density at radius 2 is 1.81 bits per heavy atom. The predicted molar refractivity (Wildman–Crippen MR) is 106 cm³/mol. The SMILES string of the molecule is c1cc2nc(CCNC3CCC3)[nH]c2cc1NCCNC1CCOCC1. The van der Waals surface area contributed by atoms with E-state index in [0.29, 0.717) is 6.04 Å². The van der Waals surface area contributed by atoms with Crippen LogP contribution in [0.1, 0.15) is 37.9 Å². The van der Waals surface area contributed by atoms with Crippen LogP contribution >= 0.6 is 0 Å². The molecule has 1 aromatic heterocycles. The highest BCUT2D eigenvalue weighted by atomic mass is 16.5. The maximum Gasteiger partial charge on any atom is 0.108 e. The van der Waals surface area contributed by atoms with Gasteiger partial charge in [0.25, 0.3) is 0 Å². The Bertz CT molecular complexity index is 691. The van der Waals surface area contributed by atoms with E-state index in [0.717, 1.165) is 80.7 Å². The van der Waals surface area contributed by atoms with E-state index < -0.39 is 0 Å². The number of ether oxygens (including phenoxy) is 1. The quantitative estimate of drug-likeness (QED) is 0.519. The van der Waals surface area contributed by atoms with E-state index in [1.54, 1.807) is 0 Å². The molecular formula is C20H31N5O. The average molecular weight is 358 g/mol. The monoisotopic (exact) mass is 357 g/mol. The molecule has 1 saturated carbocycles. The van der Waals surface area contributed by atoms with Gasteiger partial charge in [-0.05, 0) is 43.9 Å². The van der Waals surface area contributed by atoms with E-state index in [2.05, 4.69) is 39.1 Å². The zero-order valence-electron chi connectivity index (χ0n) is 15.5. The summed E-state index contributed by atoms with van der Waals surface area (Å²) in [6.07, 6.45) is 7.25. The second-order valence-corrected chi connectivity index (χ2v) is 7.51. The second-order valence-electron chi connectivity index (χ2n) is 7.51. The summed E-state index contributed by atoms with van der Waals surface area (Å²) in [7, 11) is 0. The first kappa shape index (κ1) is 17.8. The number of anilines is 1. The van der Waals surface area contributed by atoms with Crippen LogP contribution < -0.4 is 16.0 Å². The summed E-state index contributed by atoms with van der Waals surface area (Å²) in [5.74, 6) is 1.07. The lowest BCUT2D eigenvalue weighted by molar-refractivity contribution is 0.0784. The molecule has 0 atom stereocenters. The number of hydrogen-bond donors (Lipinski definition) is 4. The molecule has 1 aliphatic carbocycles. The van der Waals surface area contributed by atoms with E-state index in [9.17, 15) is 0 Å². The van der Waals surface area contributed by atoms with Crippen molar-refractivity contribution in [2.75, 3.05) is 38.2 Å². The first-order valence-corrected chi connectivity index (χ1v) is 10.1. The number of aromatic nitrogens is 2. The minimum absolute atomic E-state index is 0.608. The summed E-state index contributed by atoms with van der Waals surface area (Å²) in [4.78, 5) is 8.17. The Hall–Kier alpha value is -1.63. The van der Waals surface area contributed by atoms with E-state index in [1.807, 2.05) is 0 Å². The first-order chi connectivity index (χ1) is 12.9. The third-order valence-electron chi connectivity index (χ3n) is 5.54. The van der Waals surface area contributed by atoms with Crippen LogP contribution in [0.15, 0.2) is 18.2 Å². The summed E-state index contributed by atoms with van der Waals surface area (Å²) < 4.78 is 5.39. The molecule has 2 aromatic rings. The number of aromatic amines is 1. The fraction of sp³-hybridized carbons (Fsp3) is 0.650. The molecule has 142 valence electrons. The van der Waals surface area contributed by atoms with Crippen LogP contribution in [0.2, 0.25) is 0 Å². The number of hydrogen-bond acceptors (Lipinski definition) is 5. The average Bonchev–Trinajstić information content (AvgIpc) is 3.04. The third-order valence-corrected chi connectivity index (χ3v) is 5.54. The Labute approximate surface area is 155 Å². The zero-order valence-corrected chi connectivity index (χ0v) is 15.5. The fourth-order valence-electron chi connectivity index (χ4n) is 3.68. The van der Waals surface area contributed by atoms with E-state index in [-0.39, 0.29) is 0 Å². The van der Waals surface area contributed by atoms with Gasteiger partial charge in [0, 0.05) is 57.0 Å². The molecule has 2 fully saturated rings. The molecule has 1 aromatic carbocycles. The van der Waals surface area contributed by atoms with E-state index in [1.165, 1.54) is 19.3 Å². The van der Waals surface area contributed by atoms with Crippen LogP contribution in [0.25, 0.3) is 11.0 Å². The minimum atomic E-state index is 0.608. The van der Waals surface area contributed by atoms with Gasteiger partial charge in [0.1, 0.15) is 5.82 Å². The normalized spacial score (nSPS) is 18.9. The topological polar surface area (TPSA) is 74.0 Å². The zero-order chi connectivity index (χ0) is 17.6. The molecule has 6 nitrogen and oxygen atoms in total. The van der Waals surface area contributed by atoms with Crippen molar-refractivity contribution in [3.8, 4) is 0 Å². The Balaban J connectivity index is 1.22. The van der Waals surface area contributed by atoms with Crippen LogP contribution in [0, 0.1) is 0 Å². The molecule has 2 heterocycles. The largest absolute Gasteiger partial charge is 0.384 e. The second kappa shape index (κ2) is 8.84. The fourth-order valence-corrected chi connectivity index (χ4v) is 3.68. The van der Waals surface area contributed by atoms with Crippen molar-refractivity contribution in [2.45, 2.75) is 50.6 Å². The number of fused-ring (bicyclic) bond motifs is 1. The van der Waals surface area contributed by atoms with Gasteiger partial charge in [-0.1, -0.05) is 6.42 Å². The van der Waals surface area contributed by atoms with Gasteiger partial charge in [0.05, 0.1) is 11.0 Å². The molecule has 1 saturated heterocycles. The molecule has 6 heteroatoms. The van der Waals surface area contributed by atoms with Crippen LogP contribution in [0.4, 0.5) is 5.69 Å². The third kappa shape index (κ3) is 4.75. The molecule has 1 aliphatic heterocycles. The molecule has 4 rings (SSSR count). The van der Waals surface area contributed by atoms with E-state index in [4.69, 9.17) is 9.72 Å². The summed E-state index contributed by atoms with van der Waals surface area (Å²) >= 11 is 0. The number of nitrogens with zero attached hydrogens (tertiary/aromatic N) is 1. The molecule has 0 bridgehead atoms. The summed E-state index contributed by atoms with van der Waals surface area (Å²) in [5, 5.41) is 10.7. The summed E-state index contributed by atoms with van der Waals surface area (Å²) in [6, 6.07) is 7.73. The number of benzene rings is 1. The highest BCUT2D eigenvalue weighted by molar-refractivity contribution is 5.79. The van der Waals surface area contributed by atoms with Crippen LogP contribution in [-0.4, -0.2) is 54.9 Å². The van der Waals surface area contributed by atoms with Crippen molar-refractivity contribution in [3.05, 3.63) is 24.0 Å². The van der Waals surface area contributed by atoms with Gasteiger partial charge >= 0.3 is 0 Å². The summed E-state index contributed by atoms with van der Waals surface area (Å²) in [6.45, 7) is 4.69. The first-order valence-electron chi connectivity index (χ1n) is 10.1. The van der Waals surface area contributed by atoms with Crippen molar-refractivity contribution in [2.24, 2.45) is 0 Å². The molecule has 2 aliphatic rings. The summed E-state index contributed by atoms with van der Waals surface area (Å²) in [5.41, 5.74) is 3.31. The van der Waals surface area contributed by atoms with E-state index >= 15 is 0 Å². The van der Waals surface area contributed by atoms with Crippen LogP contribution in [-0.2, 0) is 11.2 Å². The molecule has 4 N–H and O–H groups in total. The van der Waals surface area contributed by atoms with Gasteiger partial charge in [-0.2, -0.15) is 0 Å². The molecule has 26 heavy (non-hydrogen) atoms. The van der Waals surface area contributed by atoms with Crippen LogP contribution in [0.3, 0.4) is 0 Å². The van der Waals surface area contributed by atoms with Gasteiger partial charge in [0.15, 0.2) is 0 Å². The Kier molecular flexibility index (Phi) is 6.04. The van der Waals surface area contributed by atoms with Gasteiger partial charge in [-0.15, -0.1) is 0 Å². The molecule has 0 radical (unpaired) electrons. The molecule has 0 amide bonds. The van der Waals surface area contributed by atoms with Crippen molar-refractivity contribution in [1.29, 1.82) is 0 Å². The number of imidazole rings is 1. The smallest absolute Gasteiger partial charge is 0.108 e.